The number of ether oxygens (including phenoxy) is 2. The fourth-order valence-corrected chi connectivity index (χ4v) is 2.71. The minimum atomic E-state index is -0.672. The van der Waals surface area contributed by atoms with E-state index >= 15 is 0 Å². The van der Waals surface area contributed by atoms with E-state index in [1.807, 2.05) is 12.1 Å². The summed E-state index contributed by atoms with van der Waals surface area (Å²) < 4.78 is 9.34. The van der Waals surface area contributed by atoms with Crippen molar-refractivity contribution in [1.82, 2.24) is 0 Å². The van der Waals surface area contributed by atoms with Crippen LogP contribution >= 0.6 is 0 Å². The average Bonchev–Trinajstić information content (AvgIpc) is 2.54. The molecule has 0 radical (unpaired) electrons. The summed E-state index contributed by atoms with van der Waals surface area (Å²) in [4.78, 5) is 34.8. The normalized spacial score (nSPS) is 21.7. The molecule has 0 amide bonds. The summed E-state index contributed by atoms with van der Waals surface area (Å²) in [6, 6.07) is 7.09. The van der Waals surface area contributed by atoms with E-state index in [4.69, 9.17) is 0 Å². The molecule has 1 aliphatic carbocycles. The Morgan fingerprint density at radius 3 is 2.33 bits per heavy atom. The summed E-state index contributed by atoms with van der Waals surface area (Å²) in [6.07, 6.45) is 1.55. The van der Waals surface area contributed by atoms with E-state index in [1.165, 1.54) is 14.2 Å². The number of Topliss-reactive ketones (excluding diaryl/α,β-unsaturated/α-hetero) is 1. The zero-order chi connectivity index (χ0) is 15.4. The molecule has 21 heavy (non-hydrogen) atoms. The molecule has 0 aliphatic heterocycles. The minimum Gasteiger partial charge on any atom is -0.468 e. The lowest BCUT2D eigenvalue weighted by Crippen LogP contribution is -2.31. The van der Waals surface area contributed by atoms with Gasteiger partial charge in [-0.25, -0.2) is 4.79 Å². The Kier molecular flexibility index (Phi) is 4.73. The van der Waals surface area contributed by atoms with Crippen LogP contribution in [0.3, 0.4) is 0 Å². The molecule has 112 valence electrons. The summed E-state index contributed by atoms with van der Waals surface area (Å²) in [5.41, 5.74) is 1.50. The van der Waals surface area contributed by atoms with Crippen LogP contribution in [0.1, 0.15) is 41.1 Å². The molecule has 0 heterocycles. The van der Waals surface area contributed by atoms with Crippen molar-refractivity contribution >= 4 is 17.7 Å². The van der Waals surface area contributed by atoms with Gasteiger partial charge in [-0.3, -0.25) is 9.59 Å². The van der Waals surface area contributed by atoms with E-state index in [-0.39, 0.29) is 17.7 Å². The highest BCUT2D eigenvalue weighted by atomic mass is 16.5. The molecule has 1 aromatic carbocycles. The van der Waals surface area contributed by atoms with Crippen molar-refractivity contribution in [3.8, 4) is 0 Å². The zero-order valence-corrected chi connectivity index (χ0v) is 12.1. The second-order valence-electron chi connectivity index (χ2n) is 5.13. The predicted octanol–water partition coefficient (Wildman–Crippen LogP) is 2.10. The maximum absolute atomic E-state index is 11.8. The van der Waals surface area contributed by atoms with Crippen molar-refractivity contribution in [2.45, 2.75) is 25.2 Å². The van der Waals surface area contributed by atoms with E-state index in [0.717, 1.165) is 5.56 Å². The Morgan fingerprint density at radius 1 is 1.10 bits per heavy atom. The summed E-state index contributed by atoms with van der Waals surface area (Å²) in [5.74, 6) is -1.44. The molecule has 5 heteroatoms. The van der Waals surface area contributed by atoms with Gasteiger partial charge in [0.1, 0.15) is 11.7 Å². The highest BCUT2D eigenvalue weighted by Gasteiger charge is 2.35. The monoisotopic (exact) mass is 290 g/mol. The first-order valence-electron chi connectivity index (χ1n) is 6.85. The van der Waals surface area contributed by atoms with Gasteiger partial charge >= 0.3 is 11.9 Å². The Balaban J connectivity index is 2.13. The Morgan fingerprint density at radius 2 is 1.76 bits per heavy atom. The number of carbonyl (C=O) groups is 3. The zero-order valence-electron chi connectivity index (χ0n) is 12.1. The first kappa shape index (κ1) is 15.2. The van der Waals surface area contributed by atoms with Gasteiger partial charge in [-0.1, -0.05) is 12.1 Å². The van der Waals surface area contributed by atoms with Gasteiger partial charge in [0.15, 0.2) is 0 Å². The minimum absolute atomic E-state index is 0.0516. The van der Waals surface area contributed by atoms with Gasteiger partial charge in [0.25, 0.3) is 0 Å². The van der Waals surface area contributed by atoms with Gasteiger partial charge in [0.2, 0.25) is 0 Å². The first-order valence-corrected chi connectivity index (χ1v) is 6.85. The predicted molar refractivity (Wildman–Crippen MR) is 74.9 cm³/mol. The first-order chi connectivity index (χ1) is 10.1. The number of ketones is 1. The summed E-state index contributed by atoms with van der Waals surface area (Å²) in [6.45, 7) is 0. The summed E-state index contributed by atoms with van der Waals surface area (Å²) in [7, 11) is 2.63. The Labute approximate surface area is 123 Å². The second kappa shape index (κ2) is 6.52. The van der Waals surface area contributed by atoms with Crippen LogP contribution in [0.2, 0.25) is 0 Å². The molecular weight excluding hydrogens is 272 g/mol. The molecule has 0 spiro atoms. The molecule has 2 atom stereocenters. The van der Waals surface area contributed by atoms with Crippen LogP contribution in [0.25, 0.3) is 0 Å². The Bertz CT molecular complexity index is 538. The van der Waals surface area contributed by atoms with Crippen LogP contribution in [0.15, 0.2) is 24.3 Å². The van der Waals surface area contributed by atoms with Crippen LogP contribution in [-0.2, 0) is 19.1 Å². The van der Waals surface area contributed by atoms with Crippen molar-refractivity contribution in [3.63, 3.8) is 0 Å². The summed E-state index contributed by atoms with van der Waals surface area (Å²) >= 11 is 0. The average molecular weight is 290 g/mol. The van der Waals surface area contributed by atoms with Crippen molar-refractivity contribution < 1.29 is 23.9 Å². The fraction of sp³-hybridized carbons (Fsp3) is 0.438. The van der Waals surface area contributed by atoms with Crippen LogP contribution in [-0.4, -0.2) is 31.9 Å². The molecule has 0 saturated heterocycles. The van der Waals surface area contributed by atoms with Gasteiger partial charge in [0, 0.05) is 6.42 Å². The number of hydrogen-bond acceptors (Lipinski definition) is 5. The molecule has 0 N–H and O–H groups in total. The molecule has 1 aliphatic rings. The molecule has 2 rings (SSSR count). The lowest BCUT2D eigenvalue weighted by atomic mass is 9.77. The van der Waals surface area contributed by atoms with E-state index in [2.05, 4.69) is 9.47 Å². The van der Waals surface area contributed by atoms with E-state index < -0.39 is 11.9 Å². The SMILES string of the molecule is COC(=O)c1ccc([C@H]2CCC(=O)[C@@H](C(=O)OC)C2)cc1. The number of benzene rings is 1. The highest BCUT2D eigenvalue weighted by molar-refractivity contribution is 5.99. The number of hydrogen-bond donors (Lipinski definition) is 0. The quantitative estimate of drug-likeness (QED) is 0.630. The van der Waals surface area contributed by atoms with Crippen molar-refractivity contribution in [1.29, 1.82) is 0 Å². The molecule has 0 aromatic heterocycles. The number of rotatable bonds is 3. The highest BCUT2D eigenvalue weighted by Crippen LogP contribution is 2.35. The maximum Gasteiger partial charge on any atom is 0.337 e. The van der Waals surface area contributed by atoms with Gasteiger partial charge in [-0.2, -0.15) is 0 Å². The third-order valence-electron chi connectivity index (χ3n) is 3.94. The topological polar surface area (TPSA) is 69.7 Å². The van der Waals surface area contributed by atoms with Crippen molar-refractivity contribution in [2.24, 2.45) is 5.92 Å². The third kappa shape index (κ3) is 3.29. The van der Waals surface area contributed by atoms with Crippen molar-refractivity contribution in [3.05, 3.63) is 35.4 Å². The molecule has 1 saturated carbocycles. The van der Waals surface area contributed by atoms with E-state index in [1.54, 1.807) is 12.1 Å². The number of methoxy groups -OCH3 is 2. The Hall–Kier alpha value is -2.17. The molecule has 5 nitrogen and oxygen atoms in total. The molecule has 1 aromatic rings. The maximum atomic E-state index is 11.8. The molecular formula is C16H18O5. The van der Waals surface area contributed by atoms with Gasteiger partial charge < -0.3 is 9.47 Å². The lowest BCUT2D eigenvalue weighted by molar-refractivity contribution is -0.150. The van der Waals surface area contributed by atoms with Crippen LogP contribution < -0.4 is 0 Å². The van der Waals surface area contributed by atoms with E-state index in [0.29, 0.717) is 24.8 Å². The smallest absolute Gasteiger partial charge is 0.337 e. The summed E-state index contributed by atoms with van der Waals surface area (Å²) in [5, 5.41) is 0. The van der Waals surface area contributed by atoms with E-state index in [9.17, 15) is 14.4 Å². The number of esters is 2. The largest absolute Gasteiger partial charge is 0.468 e. The van der Waals surface area contributed by atoms with Crippen molar-refractivity contribution in [2.75, 3.05) is 14.2 Å². The molecule has 1 fully saturated rings. The van der Waals surface area contributed by atoms with Gasteiger partial charge in [0.05, 0.1) is 19.8 Å². The lowest BCUT2D eigenvalue weighted by Gasteiger charge is -2.26. The van der Waals surface area contributed by atoms with Crippen LogP contribution in [0, 0.1) is 5.92 Å². The van der Waals surface area contributed by atoms with Gasteiger partial charge in [-0.15, -0.1) is 0 Å². The third-order valence-corrected chi connectivity index (χ3v) is 3.94. The molecule has 0 unspecified atom stereocenters. The standard InChI is InChI=1S/C16H18O5/c1-20-15(18)11-5-3-10(4-6-11)12-7-8-14(17)13(9-12)16(19)21-2/h3-6,12-13H,7-9H2,1-2H3/t12-,13-/m0/s1. The van der Waals surface area contributed by atoms with Crippen LogP contribution in [0.4, 0.5) is 0 Å². The van der Waals surface area contributed by atoms with Gasteiger partial charge in [-0.05, 0) is 36.5 Å². The second-order valence-corrected chi connectivity index (χ2v) is 5.13. The fourth-order valence-electron chi connectivity index (χ4n) is 2.71. The number of carbonyl (C=O) groups excluding carboxylic acids is 3. The van der Waals surface area contributed by atoms with Crippen LogP contribution in [0.5, 0.6) is 0 Å². The molecule has 0 bridgehead atoms.